The summed E-state index contributed by atoms with van der Waals surface area (Å²) in [5.41, 5.74) is 0.873. The van der Waals surface area contributed by atoms with Crippen LogP contribution in [-0.4, -0.2) is 33.9 Å². The molecule has 2 rings (SSSR count). The molecule has 2 unspecified atom stereocenters. The van der Waals surface area contributed by atoms with Gasteiger partial charge in [0.05, 0.1) is 25.4 Å². The Bertz CT molecular complexity index is 566. The first kappa shape index (κ1) is 14.3. The standard InChI is InChI=1S/C12H13ClO5S/c1-19(15,16)18-7-11-10(6-17-12(11)14)8-2-4-9(13)5-3-8/h2-5,10-11H,6-7H2,1H3. The molecule has 1 aromatic rings. The van der Waals surface area contributed by atoms with Gasteiger partial charge in [-0.3, -0.25) is 8.98 Å². The van der Waals surface area contributed by atoms with Gasteiger partial charge in [-0.2, -0.15) is 8.42 Å². The van der Waals surface area contributed by atoms with Gasteiger partial charge in [-0.05, 0) is 17.7 Å². The minimum absolute atomic E-state index is 0.203. The van der Waals surface area contributed by atoms with Gasteiger partial charge in [-0.1, -0.05) is 23.7 Å². The highest BCUT2D eigenvalue weighted by Gasteiger charge is 2.38. The van der Waals surface area contributed by atoms with Crippen molar-refractivity contribution in [2.75, 3.05) is 19.5 Å². The Kier molecular flexibility index (Phi) is 4.13. The molecule has 1 aliphatic heterocycles. The van der Waals surface area contributed by atoms with Gasteiger partial charge in [0.1, 0.15) is 0 Å². The molecule has 0 aromatic heterocycles. The molecule has 5 nitrogen and oxygen atoms in total. The van der Waals surface area contributed by atoms with Gasteiger partial charge < -0.3 is 4.74 Å². The van der Waals surface area contributed by atoms with E-state index in [0.717, 1.165) is 11.8 Å². The zero-order valence-corrected chi connectivity index (χ0v) is 11.8. The summed E-state index contributed by atoms with van der Waals surface area (Å²) in [7, 11) is -3.58. The summed E-state index contributed by atoms with van der Waals surface area (Å²) in [4.78, 5) is 11.6. The van der Waals surface area contributed by atoms with Crippen LogP contribution < -0.4 is 0 Å². The molecule has 1 heterocycles. The SMILES string of the molecule is CS(=O)(=O)OCC1C(=O)OCC1c1ccc(Cl)cc1. The molecular formula is C12H13ClO5S. The van der Waals surface area contributed by atoms with Crippen LogP contribution in [0, 0.1) is 5.92 Å². The number of hydrogen-bond acceptors (Lipinski definition) is 5. The smallest absolute Gasteiger partial charge is 0.312 e. The van der Waals surface area contributed by atoms with E-state index in [2.05, 4.69) is 0 Å². The van der Waals surface area contributed by atoms with Gasteiger partial charge in [0, 0.05) is 10.9 Å². The van der Waals surface area contributed by atoms with E-state index in [0.29, 0.717) is 5.02 Å². The van der Waals surface area contributed by atoms with Crippen LogP contribution in [-0.2, 0) is 23.8 Å². The fourth-order valence-electron chi connectivity index (χ4n) is 1.98. The molecule has 1 fully saturated rings. The first-order chi connectivity index (χ1) is 8.87. The molecule has 0 amide bonds. The number of rotatable bonds is 4. The summed E-state index contributed by atoms with van der Waals surface area (Å²) in [6.07, 6.45) is 0.949. The second-order valence-corrected chi connectivity index (χ2v) is 6.46. The van der Waals surface area contributed by atoms with Gasteiger partial charge in [-0.25, -0.2) is 0 Å². The summed E-state index contributed by atoms with van der Waals surface area (Å²) < 4.78 is 31.7. The van der Waals surface area contributed by atoms with Crippen molar-refractivity contribution < 1.29 is 22.1 Å². The van der Waals surface area contributed by atoms with E-state index in [1.807, 2.05) is 0 Å². The third kappa shape index (κ3) is 3.68. The van der Waals surface area contributed by atoms with Gasteiger partial charge >= 0.3 is 5.97 Å². The maximum Gasteiger partial charge on any atom is 0.312 e. The molecule has 0 N–H and O–H groups in total. The van der Waals surface area contributed by atoms with Crippen LogP contribution in [0.25, 0.3) is 0 Å². The third-order valence-electron chi connectivity index (χ3n) is 2.95. The lowest BCUT2D eigenvalue weighted by Crippen LogP contribution is -2.22. The lowest BCUT2D eigenvalue weighted by molar-refractivity contribution is -0.141. The van der Waals surface area contributed by atoms with E-state index < -0.39 is 22.0 Å². The summed E-state index contributed by atoms with van der Waals surface area (Å²) in [6, 6.07) is 7.02. The Balaban J connectivity index is 2.15. The zero-order chi connectivity index (χ0) is 14.0. The first-order valence-corrected chi connectivity index (χ1v) is 7.83. The Morgan fingerprint density at radius 1 is 1.37 bits per heavy atom. The van der Waals surface area contributed by atoms with E-state index in [1.54, 1.807) is 24.3 Å². The van der Waals surface area contributed by atoms with E-state index in [1.165, 1.54) is 0 Å². The molecule has 2 atom stereocenters. The van der Waals surface area contributed by atoms with Gasteiger partial charge in [-0.15, -0.1) is 0 Å². The lowest BCUT2D eigenvalue weighted by Gasteiger charge is -2.15. The Morgan fingerprint density at radius 3 is 2.58 bits per heavy atom. The van der Waals surface area contributed by atoms with Crippen LogP contribution in [0.4, 0.5) is 0 Å². The summed E-state index contributed by atoms with van der Waals surface area (Å²) in [5.74, 6) is -1.27. The van der Waals surface area contributed by atoms with Gasteiger partial charge in [0.25, 0.3) is 10.1 Å². The number of carbonyl (C=O) groups is 1. The molecule has 1 aromatic carbocycles. The van der Waals surface area contributed by atoms with Crippen LogP contribution in [0.2, 0.25) is 5.02 Å². The average molecular weight is 305 g/mol. The van der Waals surface area contributed by atoms with Crippen LogP contribution >= 0.6 is 11.6 Å². The van der Waals surface area contributed by atoms with Crippen molar-refractivity contribution in [3.63, 3.8) is 0 Å². The second-order valence-electron chi connectivity index (χ2n) is 4.38. The molecule has 7 heteroatoms. The quantitative estimate of drug-likeness (QED) is 0.624. The van der Waals surface area contributed by atoms with Crippen molar-refractivity contribution in [1.82, 2.24) is 0 Å². The summed E-state index contributed by atoms with van der Waals surface area (Å²) in [6.45, 7) is 0.0171. The molecule has 0 spiro atoms. The highest BCUT2D eigenvalue weighted by Crippen LogP contribution is 2.32. The number of cyclic esters (lactones) is 1. The summed E-state index contributed by atoms with van der Waals surface area (Å²) in [5, 5.41) is 0.595. The fraction of sp³-hybridized carbons (Fsp3) is 0.417. The monoisotopic (exact) mass is 304 g/mol. The predicted molar refractivity (Wildman–Crippen MR) is 69.4 cm³/mol. The van der Waals surface area contributed by atoms with Crippen molar-refractivity contribution in [1.29, 1.82) is 0 Å². The Labute approximate surface area is 116 Å². The number of halogens is 1. The van der Waals surface area contributed by atoms with Crippen molar-refractivity contribution in [3.05, 3.63) is 34.9 Å². The van der Waals surface area contributed by atoms with E-state index in [9.17, 15) is 13.2 Å². The van der Waals surface area contributed by atoms with Crippen LogP contribution in [0.1, 0.15) is 11.5 Å². The van der Waals surface area contributed by atoms with Crippen molar-refractivity contribution >= 4 is 27.7 Å². The average Bonchev–Trinajstić information content (AvgIpc) is 2.68. The fourth-order valence-corrected chi connectivity index (χ4v) is 2.50. The molecule has 19 heavy (non-hydrogen) atoms. The van der Waals surface area contributed by atoms with E-state index >= 15 is 0 Å². The third-order valence-corrected chi connectivity index (χ3v) is 3.77. The van der Waals surface area contributed by atoms with E-state index in [-0.39, 0.29) is 19.1 Å². The molecule has 0 radical (unpaired) electrons. The summed E-state index contributed by atoms with van der Waals surface area (Å²) >= 11 is 5.80. The van der Waals surface area contributed by atoms with E-state index in [4.69, 9.17) is 20.5 Å². The molecule has 104 valence electrons. The Hall–Kier alpha value is -1.11. The molecule has 1 aliphatic rings. The number of carbonyl (C=O) groups excluding carboxylic acids is 1. The molecule has 0 aliphatic carbocycles. The highest BCUT2D eigenvalue weighted by atomic mass is 35.5. The normalized spacial score (nSPS) is 23.4. The predicted octanol–water partition coefficient (Wildman–Crippen LogP) is 1.57. The number of ether oxygens (including phenoxy) is 1. The second kappa shape index (κ2) is 5.48. The number of hydrogen-bond donors (Lipinski definition) is 0. The maximum absolute atomic E-state index is 11.6. The molecule has 0 saturated carbocycles. The Morgan fingerprint density at radius 2 is 2.00 bits per heavy atom. The number of esters is 1. The van der Waals surface area contributed by atoms with Crippen molar-refractivity contribution in [2.24, 2.45) is 5.92 Å². The zero-order valence-electron chi connectivity index (χ0n) is 10.2. The van der Waals surface area contributed by atoms with Crippen molar-refractivity contribution in [3.8, 4) is 0 Å². The van der Waals surface area contributed by atoms with Gasteiger partial charge in [0.15, 0.2) is 0 Å². The highest BCUT2D eigenvalue weighted by molar-refractivity contribution is 7.85. The number of benzene rings is 1. The lowest BCUT2D eigenvalue weighted by atomic mass is 9.89. The topological polar surface area (TPSA) is 69.7 Å². The van der Waals surface area contributed by atoms with Gasteiger partial charge in [0.2, 0.25) is 0 Å². The molecule has 0 bridgehead atoms. The largest absolute Gasteiger partial charge is 0.465 e. The first-order valence-electron chi connectivity index (χ1n) is 5.63. The van der Waals surface area contributed by atoms with Crippen LogP contribution in [0.3, 0.4) is 0 Å². The maximum atomic E-state index is 11.6. The van der Waals surface area contributed by atoms with Crippen molar-refractivity contribution in [2.45, 2.75) is 5.92 Å². The minimum atomic E-state index is -3.58. The molecule has 1 saturated heterocycles. The minimum Gasteiger partial charge on any atom is -0.465 e. The van der Waals surface area contributed by atoms with Crippen LogP contribution in [0.15, 0.2) is 24.3 Å². The van der Waals surface area contributed by atoms with Crippen LogP contribution in [0.5, 0.6) is 0 Å². The molecular weight excluding hydrogens is 292 g/mol.